The Kier molecular flexibility index (Phi) is 2.73. The maximum Gasteiger partial charge on any atom is 0.227 e. The first-order valence-corrected chi connectivity index (χ1v) is 5.12. The highest BCUT2D eigenvalue weighted by atomic mass is 35.5. The van der Waals surface area contributed by atoms with Crippen molar-refractivity contribution in [2.45, 2.75) is 6.42 Å². The van der Waals surface area contributed by atoms with Crippen molar-refractivity contribution in [1.82, 2.24) is 4.98 Å². The van der Waals surface area contributed by atoms with Gasteiger partial charge >= 0.3 is 0 Å². The molecule has 0 saturated carbocycles. The lowest BCUT2D eigenvalue weighted by atomic mass is 10.1. The average Bonchev–Trinajstić information content (AvgIpc) is 2.60. The van der Waals surface area contributed by atoms with Gasteiger partial charge in [-0.25, -0.2) is 0 Å². The van der Waals surface area contributed by atoms with Gasteiger partial charge in [-0.3, -0.25) is 9.78 Å². The maximum atomic E-state index is 11.7. The van der Waals surface area contributed by atoms with Gasteiger partial charge in [0.05, 0.1) is 16.9 Å². The number of nitrogens with zero attached hydrogens (tertiary/aromatic N) is 2. The van der Waals surface area contributed by atoms with E-state index < -0.39 is 0 Å². The lowest BCUT2D eigenvalue weighted by Gasteiger charge is -2.16. The van der Waals surface area contributed by atoms with Gasteiger partial charge < -0.3 is 4.90 Å². The minimum absolute atomic E-state index is 0.0785. The molecule has 2 heterocycles. The van der Waals surface area contributed by atoms with Crippen molar-refractivity contribution in [3.63, 3.8) is 0 Å². The summed E-state index contributed by atoms with van der Waals surface area (Å²) in [4.78, 5) is 17.3. The van der Waals surface area contributed by atoms with E-state index in [-0.39, 0.29) is 11.8 Å². The Morgan fingerprint density at radius 1 is 1.67 bits per heavy atom. The van der Waals surface area contributed by atoms with Crippen molar-refractivity contribution in [3.8, 4) is 0 Å². The summed E-state index contributed by atoms with van der Waals surface area (Å²) >= 11 is 6.00. The summed E-state index contributed by atoms with van der Waals surface area (Å²) in [6, 6.07) is 1.69. The van der Waals surface area contributed by atoms with E-state index in [4.69, 9.17) is 11.6 Å². The fourth-order valence-electron chi connectivity index (χ4n) is 1.69. The molecule has 0 bridgehead atoms. The number of hydrogen-bond acceptors (Lipinski definition) is 2. The number of anilines is 1. The Morgan fingerprint density at radius 2 is 2.47 bits per heavy atom. The Balaban J connectivity index is 2.29. The van der Waals surface area contributed by atoms with Crippen LogP contribution in [-0.4, -0.2) is 17.4 Å². The first-order valence-electron chi connectivity index (χ1n) is 4.75. The van der Waals surface area contributed by atoms with Gasteiger partial charge in [-0.15, -0.1) is 6.58 Å². The molecule has 0 aromatic carbocycles. The van der Waals surface area contributed by atoms with Crippen LogP contribution in [0.1, 0.15) is 6.42 Å². The van der Waals surface area contributed by atoms with E-state index in [1.165, 1.54) is 0 Å². The number of hydrogen-bond donors (Lipinski definition) is 0. The summed E-state index contributed by atoms with van der Waals surface area (Å²) < 4.78 is 0. The third-order valence-electron chi connectivity index (χ3n) is 2.53. The molecule has 1 atom stereocenters. The molecule has 1 saturated heterocycles. The number of aromatic nitrogens is 1. The monoisotopic (exact) mass is 222 g/mol. The van der Waals surface area contributed by atoms with Crippen LogP contribution in [0.25, 0.3) is 0 Å². The molecular weight excluding hydrogens is 212 g/mol. The number of amides is 1. The predicted molar refractivity (Wildman–Crippen MR) is 59.9 cm³/mol. The molecule has 1 aromatic heterocycles. The minimum Gasteiger partial charge on any atom is -0.309 e. The van der Waals surface area contributed by atoms with Crippen molar-refractivity contribution in [3.05, 3.63) is 36.1 Å². The summed E-state index contributed by atoms with van der Waals surface area (Å²) in [7, 11) is 0. The highest BCUT2D eigenvalue weighted by molar-refractivity contribution is 6.33. The molecule has 1 amide bonds. The van der Waals surface area contributed by atoms with E-state index in [1.54, 1.807) is 23.4 Å². The molecule has 1 fully saturated rings. The molecular formula is C11H11ClN2O. The predicted octanol–water partition coefficient (Wildman–Crippen LogP) is 2.27. The minimum atomic E-state index is 0.0785. The van der Waals surface area contributed by atoms with Gasteiger partial charge in [0.25, 0.3) is 0 Å². The Bertz CT molecular complexity index is 405. The fraction of sp³-hybridized carbons (Fsp3) is 0.273. The van der Waals surface area contributed by atoms with E-state index in [0.717, 1.165) is 0 Å². The van der Waals surface area contributed by atoms with Crippen molar-refractivity contribution >= 4 is 23.2 Å². The van der Waals surface area contributed by atoms with E-state index in [0.29, 0.717) is 23.7 Å². The second-order valence-electron chi connectivity index (χ2n) is 3.53. The number of pyridine rings is 1. The first-order chi connectivity index (χ1) is 7.22. The highest BCUT2D eigenvalue weighted by Gasteiger charge is 2.29. The van der Waals surface area contributed by atoms with Crippen LogP contribution in [0.2, 0.25) is 5.02 Å². The second-order valence-corrected chi connectivity index (χ2v) is 3.94. The van der Waals surface area contributed by atoms with Gasteiger partial charge in [0.15, 0.2) is 0 Å². The topological polar surface area (TPSA) is 33.2 Å². The maximum absolute atomic E-state index is 11.7. The first kappa shape index (κ1) is 10.2. The SMILES string of the molecule is C=CC1CC(=O)N(c2cnccc2Cl)C1. The van der Waals surface area contributed by atoms with Crippen LogP contribution in [0.4, 0.5) is 5.69 Å². The van der Waals surface area contributed by atoms with E-state index in [1.807, 2.05) is 6.08 Å². The van der Waals surface area contributed by atoms with Gasteiger partial charge in [0, 0.05) is 25.1 Å². The zero-order valence-electron chi connectivity index (χ0n) is 8.19. The normalized spacial score (nSPS) is 20.7. The van der Waals surface area contributed by atoms with Crippen molar-refractivity contribution < 1.29 is 4.79 Å². The summed E-state index contributed by atoms with van der Waals surface area (Å²) in [6.07, 6.45) is 5.54. The zero-order valence-corrected chi connectivity index (χ0v) is 8.94. The summed E-state index contributed by atoms with van der Waals surface area (Å²) in [5.41, 5.74) is 0.688. The lowest BCUT2D eigenvalue weighted by Crippen LogP contribution is -2.24. The molecule has 4 heteroatoms. The van der Waals surface area contributed by atoms with E-state index in [2.05, 4.69) is 11.6 Å². The van der Waals surface area contributed by atoms with Crippen LogP contribution in [0.5, 0.6) is 0 Å². The molecule has 2 rings (SSSR count). The van der Waals surface area contributed by atoms with Crippen LogP contribution >= 0.6 is 11.6 Å². The third-order valence-corrected chi connectivity index (χ3v) is 2.85. The molecule has 15 heavy (non-hydrogen) atoms. The summed E-state index contributed by atoms with van der Waals surface area (Å²) in [6.45, 7) is 4.35. The molecule has 0 spiro atoms. The Morgan fingerprint density at radius 3 is 3.07 bits per heavy atom. The highest BCUT2D eigenvalue weighted by Crippen LogP contribution is 2.30. The summed E-state index contributed by atoms with van der Waals surface area (Å²) in [5, 5.41) is 0.558. The zero-order chi connectivity index (χ0) is 10.8. The number of halogens is 1. The average molecular weight is 223 g/mol. The fourth-order valence-corrected chi connectivity index (χ4v) is 1.90. The van der Waals surface area contributed by atoms with E-state index in [9.17, 15) is 4.79 Å². The molecule has 1 aliphatic heterocycles. The molecule has 0 N–H and O–H groups in total. The molecule has 0 aliphatic carbocycles. The van der Waals surface area contributed by atoms with E-state index >= 15 is 0 Å². The summed E-state index contributed by atoms with van der Waals surface area (Å²) in [5.74, 6) is 0.295. The van der Waals surface area contributed by atoms with Crippen LogP contribution < -0.4 is 4.90 Å². The quantitative estimate of drug-likeness (QED) is 0.720. The lowest BCUT2D eigenvalue weighted by molar-refractivity contribution is -0.117. The van der Waals surface area contributed by atoms with Crippen LogP contribution in [0.15, 0.2) is 31.1 Å². The van der Waals surface area contributed by atoms with Crippen LogP contribution in [0.3, 0.4) is 0 Å². The van der Waals surface area contributed by atoms with Gasteiger partial charge in [-0.05, 0) is 6.07 Å². The van der Waals surface area contributed by atoms with Crippen molar-refractivity contribution in [2.75, 3.05) is 11.4 Å². The molecule has 78 valence electrons. The molecule has 1 aromatic rings. The molecule has 3 nitrogen and oxygen atoms in total. The van der Waals surface area contributed by atoms with Crippen molar-refractivity contribution in [1.29, 1.82) is 0 Å². The third kappa shape index (κ3) is 1.88. The largest absolute Gasteiger partial charge is 0.309 e. The van der Waals surface area contributed by atoms with Gasteiger partial charge in [-0.1, -0.05) is 17.7 Å². The Hall–Kier alpha value is -1.35. The van der Waals surface area contributed by atoms with Crippen LogP contribution in [0, 0.1) is 5.92 Å². The standard InChI is InChI=1S/C11H11ClN2O/c1-2-8-5-11(15)14(7-8)10-6-13-4-3-9(10)12/h2-4,6,8H,1,5,7H2. The molecule has 1 unspecified atom stereocenters. The van der Waals surface area contributed by atoms with Gasteiger partial charge in [-0.2, -0.15) is 0 Å². The number of carbonyl (C=O) groups excluding carboxylic acids is 1. The number of rotatable bonds is 2. The number of carbonyl (C=O) groups is 1. The van der Waals surface area contributed by atoms with Crippen LogP contribution in [-0.2, 0) is 4.79 Å². The molecule has 1 aliphatic rings. The Labute approximate surface area is 93.4 Å². The smallest absolute Gasteiger partial charge is 0.227 e. The molecule has 0 radical (unpaired) electrons. The van der Waals surface area contributed by atoms with Gasteiger partial charge in [0.2, 0.25) is 5.91 Å². The van der Waals surface area contributed by atoms with Crippen molar-refractivity contribution in [2.24, 2.45) is 5.92 Å². The van der Waals surface area contributed by atoms with Gasteiger partial charge in [0.1, 0.15) is 0 Å². The second kappa shape index (κ2) is 4.03.